The van der Waals surface area contributed by atoms with Crippen LogP contribution in [0.4, 0.5) is 15.0 Å². The number of ether oxygens (including phenoxy) is 1. The number of aromatic nitrogens is 5. The van der Waals surface area contributed by atoms with Crippen LogP contribution in [0.1, 0.15) is 41.9 Å². The first-order valence-corrected chi connectivity index (χ1v) is 16.0. The normalized spacial score (nSPS) is 17.1. The number of benzene rings is 2. The quantitative estimate of drug-likeness (QED) is 0.246. The average molecular weight is 640 g/mol. The Morgan fingerprint density at radius 3 is 2.68 bits per heavy atom. The van der Waals surface area contributed by atoms with Gasteiger partial charge in [0.05, 0.1) is 22.9 Å². The lowest BCUT2D eigenvalue weighted by Gasteiger charge is -2.33. The highest BCUT2D eigenvalue weighted by Gasteiger charge is 2.29. The molecule has 5 heterocycles. The van der Waals surface area contributed by atoms with E-state index in [2.05, 4.69) is 43.6 Å². The molecule has 5 aromatic rings. The summed E-state index contributed by atoms with van der Waals surface area (Å²) in [6, 6.07) is 13.7. The standard InChI is InChI=1S/C34H38FN9O3/c1-21-13-24(3-4-25(21)16-36)32-30-15-27(18-44(30)38-20-37-32)47-19-26(35)17-42-10-7-22(8-11-42)23-5-6-28-29(14-23)41(2)40-33(28)43-12-9-31(45)39-34(43)46/h3-6,13-15,18,20,22,26H,7-12,16-17,19,36H2,1-2H3,(H,39,45,46)/t26-/m0/s1. The zero-order valence-corrected chi connectivity index (χ0v) is 26.5. The molecule has 2 fully saturated rings. The van der Waals surface area contributed by atoms with Gasteiger partial charge in [0.25, 0.3) is 0 Å². The topological polar surface area (TPSA) is 136 Å². The second kappa shape index (κ2) is 12.7. The Morgan fingerprint density at radius 1 is 1.09 bits per heavy atom. The molecule has 3 amide bonds. The maximum atomic E-state index is 15.2. The van der Waals surface area contributed by atoms with E-state index in [1.54, 1.807) is 15.4 Å². The summed E-state index contributed by atoms with van der Waals surface area (Å²) in [5.74, 6) is 1.18. The molecule has 47 heavy (non-hydrogen) atoms. The Bertz CT molecular complexity index is 1960. The number of nitrogens with two attached hydrogens (primary N) is 1. The molecule has 7 rings (SSSR count). The van der Waals surface area contributed by atoms with E-state index in [0.29, 0.717) is 37.1 Å². The summed E-state index contributed by atoms with van der Waals surface area (Å²) in [6.07, 6.45) is 4.20. The molecule has 0 saturated carbocycles. The van der Waals surface area contributed by atoms with E-state index >= 15 is 4.39 Å². The van der Waals surface area contributed by atoms with Gasteiger partial charge in [-0.2, -0.15) is 10.2 Å². The van der Waals surface area contributed by atoms with Crippen LogP contribution in [-0.4, -0.2) is 80.2 Å². The molecule has 13 heteroatoms. The van der Waals surface area contributed by atoms with Gasteiger partial charge in [0.15, 0.2) is 5.82 Å². The summed E-state index contributed by atoms with van der Waals surface area (Å²) < 4.78 is 24.5. The van der Waals surface area contributed by atoms with Crippen molar-refractivity contribution in [3.8, 4) is 17.0 Å². The van der Waals surface area contributed by atoms with E-state index in [-0.39, 0.29) is 18.9 Å². The number of likely N-dealkylation sites (tertiary alicyclic amines) is 1. The molecule has 244 valence electrons. The van der Waals surface area contributed by atoms with E-state index in [9.17, 15) is 9.59 Å². The fraction of sp³-hybridized carbons (Fsp3) is 0.382. The van der Waals surface area contributed by atoms with Crippen LogP contribution in [-0.2, 0) is 18.4 Å². The number of imide groups is 1. The molecular formula is C34H38FN9O3. The van der Waals surface area contributed by atoms with Crippen LogP contribution in [0.5, 0.6) is 5.75 Å². The van der Waals surface area contributed by atoms with Crippen LogP contribution in [0.15, 0.2) is 55.0 Å². The first-order valence-electron chi connectivity index (χ1n) is 16.0. The van der Waals surface area contributed by atoms with Gasteiger partial charge in [-0.3, -0.25) is 19.7 Å². The minimum Gasteiger partial charge on any atom is -0.489 e. The van der Waals surface area contributed by atoms with Gasteiger partial charge >= 0.3 is 6.03 Å². The number of rotatable bonds is 9. The number of alkyl halides is 1. The largest absolute Gasteiger partial charge is 0.489 e. The van der Waals surface area contributed by atoms with Gasteiger partial charge < -0.3 is 15.4 Å². The number of carbonyl (C=O) groups excluding carboxylic acids is 2. The summed E-state index contributed by atoms with van der Waals surface area (Å²) in [6.45, 7) is 4.66. The lowest BCUT2D eigenvalue weighted by atomic mass is 9.89. The molecule has 0 radical (unpaired) electrons. The van der Waals surface area contributed by atoms with E-state index in [1.807, 2.05) is 38.2 Å². The fourth-order valence-corrected chi connectivity index (χ4v) is 6.72. The highest BCUT2D eigenvalue weighted by Crippen LogP contribution is 2.34. The highest BCUT2D eigenvalue weighted by molar-refractivity contribution is 6.08. The highest BCUT2D eigenvalue weighted by atomic mass is 19.1. The fourth-order valence-electron chi connectivity index (χ4n) is 6.72. The monoisotopic (exact) mass is 639 g/mol. The molecule has 2 aliphatic rings. The van der Waals surface area contributed by atoms with Crippen molar-refractivity contribution >= 4 is 34.2 Å². The smallest absolute Gasteiger partial charge is 0.329 e. The van der Waals surface area contributed by atoms with Crippen molar-refractivity contribution < 1.29 is 18.7 Å². The predicted octanol–water partition coefficient (Wildman–Crippen LogP) is 4.09. The third-order valence-electron chi connectivity index (χ3n) is 9.33. The van der Waals surface area contributed by atoms with E-state index in [1.165, 1.54) is 16.8 Å². The number of aryl methyl sites for hydroxylation is 2. The zero-order valence-electron chi connectivity index (χ0n) is 26.5. The number of hydrogen-bond acceptors (Lipinski definition) is 8. The summed E-state index contributed by atoms with van der Waals surface area (Å²) in [5.41, 5.74) is 12.7. The first-order chi connectivity index (χ1) is 22.8. The van der Waals surface area contributed by atoms with Gasteiger partial charge in [-0.1, -0.05) is 18.2 Å². The van der Waals surface area contributed by atoms with E-state index in [4.69, 9.17) is 10.5 Å². The van der Waals surface area contributed by atoms with Crippen LogP contribution >= 0.6 is 0 Å². The number of urea groups is 1. The number of hydrogen-bond donors (Lipinski definition) is 2. The summed E-state index contributed by atoms with van der Waals surface area (Å²) >= 11 is 0. The van der Waals surface area contributed by atoms with Gasteiger partial charge in [0, 0.05) is 50.1 Å². The average Bonchev–Trinajstić information content (AvgIpc) is 3.64. The van der Waals surface area contributed by atoms with Crippen molar-refractivity contribution in [3.05, 3.63) is 71.7 Å². The van der Waals surface area contributed by atoms with Gasteiger partial charge in [-0.05, 0) is 73.7 Å². The molecule has 3 aromatic heterocycles. The van der Waals surface area contributed by atoms with Gasteiger partial charge in [-0.25, -0.2) is 18.7 Å². The predicted molar refractivity (Wildman–Crippen MR) is 176 cm³/mol. The molecule has 3 N–H and O–H groups in total. The molecule has 0 spiro atoms. The SMILES string of the molecule is Cc1cc(-c2ncnn3cc(OC[C@@H](F)CN4CCC(c5ccc6c(N7CCC(=O)NC7=O)nn(C)c6c5)CC4)cc23)ccc1CN. The second-order valence-corrected chi connectivity index (χ2v) is 12.4. The van der Waals surface area contributed by atoms with Gasteiger partial charge in [0.2, 0.25) is 5.91 Å². The molecule has 2 saturated heterocycles. The molecule has 1 atom stereocenters. The third-order valence-corrected chi connectivity index (χ3v) is 9.33. The molecule has 0 bridgehead atoms. The number of piperidine rings is 1. The second-order valence-electron chi connectivity index (χ2n) is 12.4. The molecule has 0 unspecified atom stereocenters. The summed E-state index contributed by atoms with van der Waals surface area (Å²) in [5, 5.41) is 12.1. The maximum absolute atomic E-state index is 15.2. The van der Waals surface area contributed by atoms with E-state index in [0.717, 1.165) is 64.7 Å². The Hall–Kier alpha value is -4.88. The number of anilines is 1. The number of carbonyl (C=O) groups is 2. The van der Waals surface area contributed by atoms with Crippen molar-refractivity contribution in [2.24, 2.45) is 12.8 Å². The minimum absolute atomic E-state index is 0.0490. The summed E-state index contributed by atoms with van der Waals surface area (Å²) in [7, 11) is 1.86. The number of amides is 3. The van der Waals surface area contributed by atoms with Crippen LogP contribution in [0.25, 0.3) is 27.7 Å². The minimum atomic E-state index is -1.14. The molecule has 2 aromatic carbocycles. The number of nitrogens with zero attached hydrogens (tertiary/aromatic N) is 7. The van der Waals surface area contributed by atoms with Crippen molar-refractivity contribution in [2.75, 3.05) is 37.7 Å². The summed E-state index contributed by atoms with van der Waals surface area (Å²) in [4.78, 5) is 32.2. The van der Waals surface area contributed by atoms with E-state index < -0.39 is 12.2 Å². The Balaban J connectivity index is 0.943. The molecule has 12 nitrogen and oxygen atoms in total. The number of fused-ring (bicyclic) bond motifs is 2. The van der Waals surface area contributed by atoms with Crippen LogP contribution < -0.4 is 20.7 Å². The third kappa shape index (κ3) is 6.15. The Morgan fingerprint density at radius 2 is 1.91 bits per heavy atom. The lowest BCUT2D eigenvalue weighted by molar-refractivity contribution is -0.120. The number of nitrogens with one attached hydrogen (secondary N) is 1. The number of halogens is 1. The van der Waals surface area contributed by atoms with Crippen LogP contribution in [0, 0.1) is 6.92 Å². The molecule has 0 aliphatic carbocycles. The van der Waals surface area contributed by atoms with Gasteiger partial charge in [-0.15, -0.1) is 0 Å². The Kier molecular flexibility index (Phi) is 8.33. The lowest BCUT2D eigenvalue weighted by Crippen LogP contribution is -2.49. The molecular weight excluding hydrogens is 601 g/mol. The van der Waals surface area contributed by atoms with Crippen molar-refractivity contribution in [1.82, 2.24) is 34.6 Å². The molecule has 2 aliphatic heterocycles. The van der Waals surface area contributed by atoms with Crippen molar-refractivity contribution in [1.29, 1.82) is 0 Å². The Labute approximate surface area is 271 Å². The zero-order chi connectivity index (χ0) is 32.7. The van der Waals surface area contributed by atoms with Crippen LogP contribution in [0.3, 0.4) is 0 Å². The maximum Gasteiger partial charge on any atom is 0.329 e. The van der Waals surface area contributed by atoms with Gasteiger partial charge in [0.1, 0.15) is 24.9 Å². The van der Waals surface area contributed by atoms with Crippen molar-refractivity contribution in [2.45, 2.75) is 44.8 Å². The van der Waals surface area contributed by atoms with Crippen molar-refractivity contribution in [3.63, 3.8) is 0 Å². The first kappa shape index (κ1) is 30.8. The van der Waals surface area contributed by atoms with Crippen LogP contribution in [0.2, 0.25) is 0 Å².